The van der Waals surface area contributed by atoms with E-state index in [1.807, 2.05) is 11.8 Å². The third kappa shape index (κ3) is 5.64. The van der Waals surface area contributed by atoms with Crippen LogP contribution in [0.4, 0.5) is 0 Å². The van der Waals surface area contributed by atoms with E-state index in [0.717, 1.165) is 32.5 Å². The van der Waals surface area contributed by atoms with E-state index >= 15 is 0 Å². The van der Waals surface area contributed by atoms with Crippen LogP contribution in [0.2, 0.25) is 0 Å². The molecule has 0 spiro atoms. The summed E-state index contributed by atoms with van der Waals surface area (Å²) in [7, 11) is 1.69. The van der Waals surface area contributed by atoms with Crippen LogP contribution in [0.15, 0.2) is 0 Å². The molecule has 78 valence electrons. The van der Waals surface area contributed by atoms with Crippen molar-refractivity contribution in [2.45, 2.75) is 33.1 Å². The predicted octanol–water partition coefficient (Wildman–Crippen LogP) is 1.67. The van der Waals surface area contributed by atoms with E-state index in [1.165, 1.54) is 0 Å². The van der Waals surface area contributed by atoms with Gasteiger partial charge >= 0.3 is 0 Å². The van der Waals surface area contributed by atoms with Crippen molar-refractivity contribution in [3.05, 3.63) is 0 Å². The lowest BCUT2D eigenvalue weighted by Gasteiger charge is -2.21. The van der Waals surface area contributed by atoms with Gasteiger partial charge in [-0.1, -0.05) is 13.8 Å². The van der Waals surface area contributed by atoms with Gasteiger partial charge in [0.15, 0.2) is 0 Å². The molecule has 0 aromatic carbocycles. The van der Waals surface area contributed by atoms with Gasteiger partial charge in [-0.05, 0) is 12.8 Å². The quantitative estimate of drug-likeness (QED) is 0.567. The molecule has 0 aliphatic heterocycles. The number of hydrogen-bond acceptors (Lipinski definition) is 2. The van der Waals surface area contributed by atoms with Crippen molar-refractivity contribution in [2.75, 3.05) is 26.8 Å². The van der Waals surface area contributed by atoms with Crippen LogP contribution in [0.5, 0.6) is 0 Å². The van der Waals surface area contributed by atoms with Crippen LogP contribution in [0, 0.1) is 0 Å². The Morgan fingerprint density at radius 2 is 2.00 bits per heavy atom. The minimum absolute atomic E-state index is 0.248. The Morgan fingerprint density at radius 3 is 2.46 bits per heavy atom. The van der Waals surface area contributed by atoms with Gasteiger partial charge < -0.3 is 9.64 Å². The van der Waals surface area contributed by atoms with Crippen molar-refractivity contribution >= 4 is 5.91 Å². The number of carbonyl (C=O) groups excluding carboxylic acids is 1. The Morgan fingerprint density at radius 1 is 1.31 bits per heavy atom. The number of carbonyl (C=O) groups is 1. The lowest BCUT2D eigenvalue weighted by Crippen LogP contribution is -2.32. The maximum Gasteiger partial charge on any atom is 0.222 e. The molecule has 1 amide bonds. The first-order valence-electron chi connectivity index (χ1n) is 5.02. The molecule has 0 aliphatic carbocycles. The number of methoxy groups -OCH3 is 1. The zero-order valence-corrected chi connectivity index (χ0v) is 9.01. The Hall–Kier alpha value is -0.570. The van der Waals surface area contributed by atoms with Gasteiger partial charge in [0.2, 0.25) is 5.91 Å². The summed E-state index contributed by atoms with van der Waals surface area (Å²) in [6, 6.07) is 0. The molecule has 3 nitrogen and oxygen atoms in total. The Labute approximate surface area is 81.1 Å². The molecule has 0 aromatic rings. The predicted molar refractivity (Wildman–Crippen MR) is 53.7 cm³/mol. The molecule has 0 rings (SSSR count). The fourth-order valence-electron chi connectivity index (χ4n) is 1.25. The van der Waals surface area contributed by atoms with Crippen LogP contribution in [-0.2, 0) is 9.53 Å². The molecule has 0 aliphatic rings. The average molecular weight is 187 g/mol. The van der Waals surface area contributed by atoms with Crippen LogP contribution in [0.3, 0.4) is 0 Å². The van der Waals surface area contributed by atoms with Crippen LogP contribution in [-0.4, -0.2) is 37.6 Å². The molecule has 0 radical (unpaired) electrons. The van der Waals surface area contributed by atoms with Gasteiger partial charge in [-0.3, -0.25) is 4.79 Å². The number of amides is 1. The Bertz CT molecular complexity index is 137. The molecular formula is C10H21NO2. The summed E-state index contributed by atoms with van der Waals surface area (Å²) < 4.78 is 4.95. The van der Waals surface area contributed by atoms with Crippen molar-refractivity contribution in [1.29, 1.82) is 0 Å². The summed E-state index contributed by atoms with van der Waals surface area (Å²) in [5.41, 5.74) is 0. The second kappa shape index (κ2) is 8.05. The van der Waals surface area contributed by atoms with E-state index in [4.69, 9.17) is 4.74 Å². The van der Waals surface area contributed by atoms with Gasteiger partial charge in [0.25, 0.3) is 0 Å². The number of nitrogens with zero attached hydrogens (tertiary/aromatic N) is 1. The molecule has 0 N–H and O–H groups in total. The van der Waals surface area contributed by atoms with Crippen LogP contribution in [0.1, 0.15) is 33.1 Å². The molecule has 13 heavy (non-hydrogen) atoms. The minimum atomic E-state index is 0.248. The number of rotatable bonds is 7. The van der Waals surface area contributed by atoms with Gasteiger partial charge in [0.1, 0.15) is 0 Å². The van der Waals surface area contributed by atoms with Crippen molar-refractivity contribution in [1.82, 2.24) is 4.90 Å². The lowest BCUT2D eigenvalue weighted by molar-refractivity contribution is -0.131. The third-order valence-corrected chi connectivity index (χ3v) is 1.93. The lowest BCUT2D eigenvalue weighted by atomic mass is 10.3. The first-order chi connectivity index (χ1) is 6.26. The van der Waals surface area contributed by atoms with Gasteiger partial charge in [-0.2, -0.15) is 0 Å². The van der Waals surface area contributed by atoms with E-state index in [1.54, 1.807) is 7.11 Å². The second-order valence-electron chi connectivity index (χ2n) is 3.08. The van der Waals surface area contributed by atoms with E-state index in [2.05, 4.69) is 6.92 Å². The average Bonchev–Trinajstić information content (AvgIpc) is 2.16. The summed E-state index contributed by atoms with van der Waals surface area (Å²) in [5.74, 6) is 0.248. The summed E-state index contributed by atoms with van der Waals surface area (Å²) >= 11 is 0. The highest BCUT2D eigenvalue weighted by atomic mass is 16.5. The molecule has 0 atom stereocenters. The monoisotopic (exact) mass is 187 g/mol. The van der Waals surface area contributed by atoms with Crippen molar-refractivity contribution in [2.24, 2.45) is 0 Å². The summed E-state index contributed by atoms with van der Waals surface area (Å²) in [6.45, 7) is 6.43. The number of hydrogen-bond donors (Lipinski definition) is 0. The standard InChI is InChI=1S/C10H21NO2/c1-4-7-11(10(12)5-2)8-6-9-13-3/h4-9H2,1-3H3. The van der Waals surface area contributed by atoms with Crippen LogP contribution < -0.4 is 0 Å². The Balaban J connectivity index is 3.73. The maximum absolute atomic E-state index is 11.4. The molecule has 0 saturated carbocycles. The molecule has 0 heterocycles. The van der Waals surface area contributed by atoms with Crippen molar-refractivity contribution < 1.29 is 9.53 Å². The number of ether oxygens (including phenoxy) is 1. The molecule has 0 bridgehead atoms. The van der Waals surface area contributed by atoms with E-state index in [0.29, 0.717) is 6.42 Å². The minimum Gasteiger partial charge on any atom is -0.385 e. The molecular weight excluding hydrogens is 166 g/mol. The smallest absolute Gasteiger partial charge is 0.222 e. The van der Waals surface area contributed by atoms with Gasteiger partial charge in [-0.25, -0.2) is 0 Å². The first-order valence-corrected chi connectivity index (χ1v) is 5.02. The highest BCUT2D eigenvalue weighted by Crippen LogP contribution is 1.98. The molecule has 0 fully saturated rings. The second-order valence-corrected chi connectivity index (χ2v) is 3.08. The zero-order valence-electron chi connectivity index (χ0n) is 9.01. The Kier molecular flexibility index (Phi) is 7.69. The van der Waals surface area contributed by atoms with E-state index in [9.17, 15) is 4.79 Å². The van der Waals surface area contributed by atoms with Gasteiger partial charge in [0.05, 0.1) is 0 Å². The molecule has 0 saturated heterocycles. The summed E-state index contributed by atoms with van der Waals surface area (Å²) in [6.07, 6.45) is 2.56. The first kappa shape index (κ1) is 12.4. The molecule has 0 unspecified atom stereocenters. The fraction of sp³-hybridized carbons (Fsp3) is 0.900. The summed E-state index contributed by atoms with van der Waals surface area (Å²) in [5, 5.41) is 0. The van der Waals surface area contributed by atoms with Crippen molar-refractivity contribution in [3.8, 4) is 0 Å². The molecule has 0 aromatic heterocycles. The highest BCUT2D eigenvalue weighted by molar-refractivity contribution is 5.75. The van der Waals surface area contributed by atoms with Gasteiger partial charge in [0, 0.05) is 33.2 Å². The van der Waals surface area contributed by atoms with Crippen molar-refractivity contribution in [3.63, 3.8) is 0 Å². The maximum atomic E-state index is 11.4. The van der Waals surface area contributed by atoms with Crippen LogP contribution in [0.25, 0.3) is 0 Å². The zero-order chi connectivity index (χ0) is 10.1. The normalized spacial score (nSPS) is 10.1. The third-order valence-electron chi connectivity index (χ3n) is 1.93. The van der Waals surface area contributed by atoms with E-state index in [-0.39, 0.29) is 5.91 Å². The van der Waals surface area contributed by atoms with Gasteiger partial charge in [-0.15, -0.1) is 0 Å². The largest absolute Gasteiger partial charge is 0.385 e. The van der Waals surface area contributed by atoms with E-state index < -0.39 is 0 Å². The molecule has 3 heteroatoms. The topological polar surface area (TPSA) is 29.5 Å². The fourth-order valence-corrected chi connectivity index (χ4v) is 1.25. The SMILES string of the molecule is CCCN(CCCOC)C(=O)CC. The van der Waals surface area contributed by atoms with Crippen LogP contribution >= 0.6 is 0 Å². The summed E-state index contributed by atoms with van der Waals surface area (Å²) in [4.78, 5) is 13.3. The highest BCUT2D eigenvalue weighted by Gasteiger charge is 2.08.